The average molecular weight is 312 g/mol. The van der Waals surface area contributed by atoms with Crippen LogP contribution in [0.1, 0.15) is 31.1 Å². The highest BCUT2D eigenvalue weighted by atomic mass is 16.2. The molecule has 0 bridgehead atoms. The lowest BCUT2D eigenvalue weighted by atomic mass is 10.1. The third-order valence-corrected chi connectivity index (χ3v) is 4.25. The zero-order valence-corrected chi connectivity index (χ0v) is 14.1. The van der Waals surface area contributed by atoms with Crippen molar-refractivity contribution in [3.63, 3.8) is 0 Å². The van der Waals surface area contributed by atoms with Gasteiger partial charge in [0.2, 0.25) is 0 Å². The Kier molecular flexibility index (Phi) is 4.11. The van der Waals surface area contributed by atoms with Crippen LogP contribution < -0.4 is 4.90 Å². The van der Waals surface area contributed by atoms with Crippen LogP contribution in [0.2, 0.25) is 0 Å². The van der Waals surface area contributed by atoms with E-state index in [0.29, 0.717) is 0 Å². The van der Waals surface area contributed by atoms with Gasteiger partial charge in [-0.2, -0.15) is 0 Å². The Morgan fingerprint density at radius 1 is 1.09 bits per heavy atom. The van der Waals surface area contributed by atoms with Crippen molar-refractivity contribution >= 4 is 11.7 Å². The second-order valence-corrected chi connectivity index (χ2v) is 6.95. The molecule has 2 aromatic rings. The number of rotatable bonds is 2. The van der Waals surface area contributed by atoms with Crippen LogP contribution in [0.5, 0.6) is 0 Å². The second kappa shape index (κ2) is 6.07. The maximum absolute atomic E-state index is 12.7. The van der Waals surface area contributed by atoms with E-state index in [4.69, 9.17) is 0 Å². The molecule has 0 saturated carbocycles. The van der Waals surface area contributed by atoms with E-state index in [9.17, 15) is 4.79 Å². The number of pyridine rings is 1. The van der Waals surface area contributed by atoms with E-state index in [0.717, 1.165) is 37.6 Å². The van der Waals surface area contributed by atoms with Gasteiger partial charge >= 0.3 is 0 Å². The van der Waals surface area contributed by atoms with Crippen LogP contribution in [-0.4, -0.2) is 46.5 Å². The molecule has 0 aliphatic carbocycles. The SMILES string of the molecule is CC(C)(C)n1ccc(C(=O)N2CCN(c3ccccn3)CC2)c1. The first-order chi connectivity index (χ1) is 10.9. The molecule has 1 aliphatic rings. The topological polar surface area (TPSA) is 41.4 Å². The zero-order valence-electron chi connectivity index (χ0n) is 14.1. The van der Waals surface area contributed by atoms with Gasteiger partial charge in [0.25, 0.3) is 5.91 Å². The Balaban J connectivity index is 1.63. The van der Waals surface area contributed by atoms with Crippen molar-refractivity contribution in [1.82, 2.24) is 14.5 Å². The summed E-state index contributed by atoms with van der Waals surface area (Å²) in [5.41, 5.74) is 0.766. The summed E-state index contributed by atoms with van der Waals surface area (Å²) >= 11 is 0. The van der Waals surface area contributed by atoms with Gasteiger partial charge in [-0.3, -0.25) is 4.79 Å². The molecule has 2 aromatic heterocycles. The Bertz CT molecular complexity index is 664. The lowest BCUT2D eigenvalue weighted by Crippen LogP contribution is -2.49. The number of piperazine rings is 1. The van der Waals surface area contributed by atoms with Crippen LogP contribution in [0, 0.1) is 0 Å². The van der Waals surface area contributed by atoms with E-state index >= 15 is 0 Å². The maximum Gasteiger partial charge on any atom is 0.255 e. The van der Waals surface area contributed by atoms with Gasteiger partial charge in [0.1, 0.15) is 5.82 Å². The molecule has 1 fully saturated rings. The van der Waals surface area contributed by atoms with Crippen molar-refractivity contribution in [1.29, 1.82) is 0 Å². The van der Waals surface area contributed by atoms with Crippen molar-refractivity contribution in [3.8, 4) is 0 Å². The number of amides is 1. The number of hydrogen-bond donors (Lipinski definition) is 0. The summed E-state index contributed by atoms with van der Waals surface area (Å²) in [4.78, 5) is 21.2. The van der Waals surface area contributed by atoms with Gasteiger partial charge in [0.05, 0.1) is 5.56 Å². The predicted molar refractivity (Wildman–Crippen MR) is 91.8 cm³/mol. The van der Waals surface area contributed by atoms with Crippen LogP contribution in [0.4, 0.5) is 5.82 Å². The van der Waals surface area contributed by atoms with E-state index < -0.39 is 0 Å². The molecule has 1 amide bonds. The second-order valence-electron chi connectivity index (χ2n) is 6.95. The van der Waals surface area contributed by atoms with E-state index in [2.05, 4.69) is 35.2 Å². The fraction of sp³-hybridized carbons (Fsp3) is 0.444. The van der Waals surface area contributed by atoms with Crippen LogP contribution in [-0.2, 0) is 5.54 Å². The van der Waals surface area contributed by atoms with E-state index in [1.807, 2.05) is 47.8 Å². The third kappa shape index (κ3) is 3.38. The Morgan fingerprint density at radius 3 is 2.39 bits per heavy atom. The molecule has 3 heterocycles. The summed E-state index contributed by atoms with van der Waals surface area (Å²) in [6.45, 7) is 9.50. The lowest BCUT2D eigenvalue weighted by Gasteiger charge is -2.35. The number of anilines is 1. The van der Waals surface area contributed by atoms with Gasteiger partial charge in [-0.05, 0) is 39.0 Å². The van der Waals surface area contributed by atoms with E-state index in [1.165, 1.54) is 0 Å². The van der Waals surface area contributed by atoms with Crippen molar-refractivity contribution < 1.29 is 4.79 Å². The first kappa shape index (κ1) is 15.6. The summed E-state index contributed by atoms with van der Waals surface area (Å²) in [7, 11) is 0. The van der Waals surface area contributed by atoms with Crippen molar-refractivity contribution in [2.24, 2.45) is 0 Å². The number of carbonyl (C=O) groups excluding carboxylic acids is 1. The minimum atomic E-state index is -0.00376. The highest BCUT2D eigenvalue weighted by Crippen LogP contribution is 2.18. The normalized spacial score (nSPS) is 15.8. The molecule has 3 rings (SSSR count). The molecule has 23 heavy (non-hydrogen) atoms. The Labute approximate surface area is 137 Å². The Morgan fingerprint density at radius 2 is 1.83 bits per heavy atom. The number of aromatic nitrogens is 2. The van der Waals surface area contributed by atoms with E-state index in [1.54, 1.807) is 0 Å². The van der Waals surface area contributed by atoms with Crippen LogP contribution >= 0.6 is 0 Å². The highest BCUT2D eigenvalue weighted by molar-refractivity contribution is 5.94. The van der Waals surface area contributed by atoms with Gasteiger partial charge in [0.15, 0.2) is 0 Å². The lowest BCUT2D eigenvalue weighted by molar-refractivity contribution is 0.0746. The molecule has 5 heteroatoms. The smallest absolute Gasteiger partial charge is 0.255 e. The van der Waals surface area contributed by atoms with Gasteiger partial charge in [-0.25, -0.2) is 4.98 Å². The summed E-state index contributed by atoms with van der Waals surface area (Å²) in [6.07, 6.45) is 5.74. The molecule has 0 atom stereocenters. The molecule has 0 radical (unpaired) electrons. The fourth-order valence-electron chi connectivity index (χ4n) is 2.80. The first-order valence-electron chi connectivity index (χ1n) is 8.09. The number of nitrogens with zero attached hydrogens (tertiary/aromatic N) is 4. The molecule has 1 saturated heterocycles. The molecule has 0 aromatic carbocycles. The fourth-order valence-corrected chi connectivity index (χ4v) is 2.80. The van der Waals surface area contributed by atoms with Crippen LogP contribution in [0.3, 0.4) is 0 Å². The average Bonchev–Trinajstić information content (AvgIpc) is 3.05. The maximum atomic E-state index is 12.7. The van der Waals surface area contributed by atoms with Crippen LogP contribution in [0.15, 0.2) is 42.9 Å². The monoisotopic (exact) mass is 312 g/mol. The van der Waals surface area contributed by atoms with Crippen molar-refractivity contribution in [2.75, 3.05) is 31.1 Å². The van der Waals surface area contributed by atoms with Gasteiger partial charge in [-0.15, -0.1) is 0 Å². The molecular weight excluding hydrogens is 288 g/mol. The number of hydrogen-bond acceptors (Lipinski definition) is 3. The minimum Gasteiger partial charge on any atom is -0.353 e. The van der Waals surface area contributed by atoms with Crippen molar-refractivity contribution in [3.05, 3.63) is 48.4 Å². The summed E-state index contributed by atoms with van der Waals surface area (Å²) in [5, 5.41) is 0. The molecule has 5 nitrogen and oxygen atoms in total. The zero-order chi connectivity index (χ0) is 16.4. The number of carbonyl (C=O) groups is 1. The van der Waals surface area contributed by atoms with Crippen molar-refractivity contribution in [2.45, 2.75) is 26.3 Å². The van der Waals surface area contributed by atoms with Gasteiger partial charge in [-0.1, -0.05) is 6.07 Å². The minimum absolute atomic E-state index is 0.00376. The summed E-state index contributed by atoms with van der Waals surface area (Å²) in [6, 6.07) is 7.85. The van der Waals surface area contributed by atoms with E-state index in [-0.39, 0.29) is 11.4 Å². The molecule has 122 valence electrons. The highest BCUT2D eigenvalue weighted by Gasteiger charge is 2.24. The Hall–Kier alpha value is -2.30. The standard InChI is InChI=1S/C18H24N4O/c1-18(2,3)22-9-7-15(14-22)17(23)21-12-10-20(11-13-21)16-6-4-5-8-19-16/h4-9,14H,10-13H2,1-3H3. The molecule has 0 unspecified atom stereocenters. The predicted octanol–water partition coefficient (Wildman–Crippen LogP) is 2.60. The van der Waals surface area contributed by atoms with Gasteiger partial charge in [0, 0.05) is 50.3 Å². The third-order valence-electron chi connectivity index (χ3n) is 4.25. The molecule has 0 spiro atoms. The first-order valence-corrected chi connectivity index (χ1v) is 8.09. The quantitative estimate of drug-likeness (QED) is 0.856. The molecule has 0 N–H and O–H groups in total. The van der Waals surface area contributed by atoms with Crippen LogP contribution in [0.25, 0.3) is 0 Å². The molecular formula is C18H24N4O. The van der Waals surface area contributed by atoms with Gasteiger partial charge < -0.3 is 14.4 Å². The largest absolute Gasteiger partial charge is 0.353 e. The summed E-state index contributed by atoms with van der Waals surface area (Å²) in [5.74, 6) is 1.10. The summed E-state index contributed by atoms with van der Waals surface area (Å²) < 4.78 is 2.09. The molecule has 1 aliphatic heterocycles.